The molecule has 2 N–H and O–H groups in total. The average Bonchev–Trinajstić information content (AvgIpc) is 3.21. The van der Waals surface area contributed by atoms with E-state index in [9.17, 15) is 9.59 Å². The molecule has 0 radical (unpaired) electrons. The van der Waals surface area contributed by atoms with Gasteiger partial charge in [-0.1, -0.05) is 29.8 Å². The number of carbonyl (C=O) groups is 2. The number of rotatable bonds is 8. The molecule has 0 saturated heterocycles. The third-order valence-electron chi connectivity index (χ3n) is 3.58. The van der Waals surface area contributed by atoms with Gasteiger partial charge < -0.3 is 15.2 Å². The average molecular weight is 312 g/mol. The lowest BCUT2D eigenvalue weighted by atomic mass is 9.95. The van der Waals surface area contributed by atoms with E-state index in [2.05, 4.69) is 5.32 Å². The predicted octanol–water partition coefficient (Wildman–Crippen LogP) is 1.88. The van der Waals surface area contributed by atoms with Crippen molar-refractivity contribution in [2.75, 3.05) is 19.8 Å². The number of ether oxygens (including phenoxy) is 1. The van der Waals surface area contributed by atoms with Gasteiger partial charge in [-0.15, -0.1) is 0 Å². The van der Waals surface area contributed by atoms with Crippen molar-refractivity contribution in [2.45, 2.75) is 19.3 Å². The number of nitrogens with one attached hydrogen (secondary N) is 1. The van der Waals surface area contributed by atoms with Crippen LogP contribution in [0.5, 0.6) is 0 Å². The second-order valence-electron chi connectivity index (χ2n) is 5.25. The number of carboxylic acid groups (broad SMARTS) is 1. The minimum atomic E-state index is -1.02. The van der Waals surface area contributed by atoms with Gasteiger partial charge in [-0.25, -0.2) is 4.79 Å². The van der Waals surface area contributed by atoms with E-state index < -0.39 is 5.97 Å². The van der Waals surface area contributed by atoms with Gasteiger partial charge in [0.15, 0.2) is 0 Å². The van der Waals surface area contributed by atoms with Crippen molar-refractivity contribution in [2.24, 2.45) is 5.41 Å². The summed E-state index contributed by atoms with van der Waals surface area (Å²) in [6.07, 6.45) is 2.33. The van der Waals surface area contributed by atoms with Gasteiger partial charge in [0.25, 0.3) is 0 Å². The number of halogens is 1. The molecule has 2 rings (SSSR count). The van der Waals surface area contributed by atoms with Gasteiger partial charge in [-0.2, -0.15) is 0 Å². The number of aliphatic carboxylic acids is 1. The molecule has 1 aliphatic carbocycles. The summed E-state index contributed by atoms with van der Waals surface area (Å²) >= 11 is 6.13. The maximum atomic E-state index is 12.2. The van der Waals surface area contributed by atoms with E-state index in [1.165, 1.54) is 0 Å². The zero-order chi connectivity index (χ0) is 15.3. The van der Waals surface area contributed by atoms with Gasteiger partial charge in [0, 0.05) is 11.6 Å². The largest absolute Gasteiger partial charge is 0.480 e. The molecule has 1 aliphatic rings. The lowest BCUT2D eigenvalue weighted by Crippen LogP contribution is -2.35. The summed E-state index contributed by atoms with van der Waals surface area (Å²) < 4.78 is 4.88. The van der Waals surface area contributed by atoms with E-state index in [0.717, 1.165) is 18.4 Å². The van der Waals surface area contributed by atoms with Crippen molar-refractivity contribution in [3.63, 3.8) is 0 Å². The van der Waals surface area contributed by atoms with Crippen LogP contribution < -0.4 is 5.32 Å². The molecule has 0 bridgehead atoms. The fourth-order valence-electron chi connectivity index (χ4n) is 2.23. The van der Waals surface area contributed by atoms with Crippen molar-refractivity contribution < 1.29 is 19.4 Å². The van der Waals surface area contributed by atoms with Crippen LogP contribution in [0.15, 0.2) is 24.3 Å². The van der Waals surface area contributed by atoms with Gasteiger partial charge in [0.2, 0.25) is 5.91 Å². The van der Waals surface area contributed by atoms with E-state index in [4.69, 9.17) is 21.4 Å². The molecule has 0 atom stereocenters. The minimum Gasteiger partial charge on any atom is -0.480 e. The van der Waals surface area contributed by atoms with Crippen LogP contribution >= 0.6 is 11.6 Å². The Balaban J connectivity index is 1.79. The molecule has 6 heteroatoms. The van der Waals surface area contributed by atoms with Crippen LogP contribution in [0.3, 0.4) is 0 Å². The third-order valence-corrected chi connectivity index (χ3v) is 3.95. The van der Waals surface area contributed by atoms with Crippen molar-refractivity contribution >= 4 is 23.5 Å². The van der Waals surface area contributed by atoms with E-state index >= 15 is 0 Å². The van der Waals surface area contributed by atoms with Gasteiger partial charge in [-0.3, -0.25) is 4.79 Å². The Bertz CT molecular complexity index is 528. The first-order chi connectivity index (χ1) is 10.0. The monoisotopic (exact) mass is 311 g/mol. The second-order valence-corrected chi connectivity index (χ2v) is 5.66. The Morgan fingerprint density at radius 3 is 2.67 bits per heavy atom. The van der Waals surface area contributed by atoms with Crippen LogP contribution in [-0.2, 0) is 20.7 Å². The highest BCUT2D eigenvalue weighted by Gasteiger charge is 2.49. The molecule has 0 aliphatic heterocycles. The molecule has 1 fully saturated rings. The summed E-state index contributed by atoms with van der Waals surface area (Å²) in [6.45, 7) is 0.164. The minimum absolute atomic E-state index is 0.0126. The summed E-state index contributed by atoms with van der Waals surface area (Å²) in [5, 5.41) is 11.9. The molecule has 21 heavy (non-hydrogen) atoms. The quantitative estimate of drug-likeness (QED) is 0.719. The normalized spacial score (nSPS) is 15.5. The summed E-state index contributed by atoms with van der Waals surface area (Å²) in [4.78, 5) is 22.5. The highest BCUT2D eigenvalue weighted by Crippen LogP contribution is 2.49. The fraction of sp³-hybridized carbons (Fsp3) is 0.467. The first kappa shape index (κ1) is 15.8. The smallest absolute Gasteiger partial charge is 0.329 e. The van der Waals surface area contributed by atoms with Crippen molar-refractivity contribution in [3.05, 3.63) is 34.9 Å². The Morgan fingerprint density at radius 2 is 2.05 bits per heavy atom. The standard InChI is InChI=1S/C15H18ClNO4/c16-12-4-2-1-3-11(12)9-15(5-6-15)14(20)17-7-8-21-10-13(18)19/h1-4H,5-10H2,(H,17,20)(H,18,19). The summed E-state index contributed by atoms with van der Waals surface area (Å²) in [7, 11) is 0. The molecule has 0 unspecified atom stereocenters. The molecule has 5 nitrogen and oxygen atoms in total. The van der Waals surface area contributed by atoms with E-state index in [1.54, 1.807) is 0 Å². The van der Waals surface area contributed by atoms with Gasteiger partial charge in [0.05, 0.1) is 12.0 Å². The molecule has 1 aromatic rings. The molecule has 1 aromatic carbocycles. The zero-order valence-corrected chi connectivity index (χ0v) is 12.4. The first-order valence-corrected chi connectivity index (χ1v) is 7.22. The highest BCUT2D eigenvalue weighted by atomic mass is 35.5. The van der Waals surface area contributed by atoms with Gasteiger partial charge in [-0.05, 0) is 30.9 Å². The lowest BCUT2D eigenvalue weighted by molar-refractivity contribution is -0.142. The maximum absolute atomic E-state index is 12.2. The van der Waals surface area contributed by atoms with E-state index in [-0.39, 0.29) is 24.5 Å². The first-order valence-electron chi connectivity index (χ1n) is 6.85. The molecular formula is C15H18ClNO4. The second kappa shape index (κ2) is 6.91. The van der Waals surface area contributed by atoms with Crippen molar-refractivity contribution in [3.8, 4) is 0 Å². The summed E-state index contributed by atoms with van der Waals surface area (Å²) in [5.74, 6) is -1.03. The summed E-state index contributed by atoms with van der Waals surface area (Å²) in [5.41, 5.74) is 0.617. The van der Waals surface area contributed by atoms with Crippen molar-refractivity contribution in [1.82, 2.24) is 5.32 Å². The molecule has 1 saturated carbocycles. The Morgan fingerprint density at radius 1 is 1.33 bits per heavy atom. The van der Waals surface area contributed by atoms with E-state index in [1.807, 2.05) is 24.3 Å². The van der Waals surface area contributed by atoms with Crippen LogP contribution in [0, 0.1) is 5.41 Å². The van der Waals surface area contributed by atoms with Gasteiger partial charge >= 0.3 is 5.97 Å². The number of hydrogen-bond donors (Lipinski definition) is 2. The molecule has 0 heterocycles. The lowest BCUT2D eigenvalue weighted by Gasteiger charge is -2.16. The SMILES string of the molecule is O=C(O)COCCNC(=O)C1(Cc2ccccc2Cl)CC1. The predicted molar refractivity (Wildman–Crippen MR) is 78.3 cm³/mol. The number of carbonyl (C=O) groups excluding carboxylic acids is 1. The van der Waals surface area contributed by atoms with Crippen LogP contribution in [0.25, 0.3) is 0 Å². The molecular weight excluding hydrogens is 294 g/mol. The number of carboxylic acids is 1. The van der Waals surface area contributed by atoms with Crippen LogP contribution in [0.1, 0.15) is 18.4 Å². The number of hydrogen-bond acceptors (Lipinski definition) is 3. The number of benzene rings is 1. The van der Waals surface area contributed by atoms with Crippen molar-refractivity contribution in [1.29, 1.82) is 0 Å². The molecule has 1 amide bonds. The van der Waals surface area contributed by atoms with Crippen LogP contribution in [-0.4, -0.2) is 36.7 Å². The molecule has 0 aromatic heterocycles. The summed E-state index contributed by atoms with van der Waals surface area (Å²) in [6, 6.07) is 7.54. The highest BCUT2D eigenvalue weighted by molar-refractivity contribution is 6.31. The third kappa shape index (κ3) is 4.44. The van der Waals surface area contributed by atoms with Crippen LogP contribution in [0.4, 0.5) is 0 Å². The number of amides is 1. The Kier molecular flexibility index (Phi) is 5.20. The van der Waals surface area contributed by atoms with Gasteiger partial charge in [0.1, 0.15) is 6.61 Å². The molecule has 114 valence electrons. The zero-order valence-electron chi connectivity index (χ0n) is 11.6. The maximum Gasteiger partial charge on any atom is 0.329 e. The van der Waals surface area contributed by atoms with E-state index in [0.29, 0.717) is 18.0 Å². The Labute approximate surface area is 128 Å². The molecule has 0 spiro atoms. The topological polar surface area (TPSA) is 75.6 Å². The van der Waals surface area contributed by atoms with Crippen LogP contribution in [0.2, 0.25) is 5.02 Å². The Hall–Kier alpha value is -1.59. The fourth-order valence-corrected chi connectivity index (χ4v) is 2.43.